The number of nitrogens with one attached hydrogen (secondary N) is 1. The fourth-order valence-electron chi connectivity index (χ4n) is 3.15. The Bertz CT molecular complexity index is 852. The second-order valence-corrected chi connectivity index (χ2v) is 6.38. The van der Waals surface area contributed by atoms with Crippen molar-refractivity contribution in [2.75, 3.05) is 0 Å². The molecule has 2 nitrogen and oxygen atoms in total. The first kappa shape index (κ1) is 13.9. The van der Waals surface area contributed by atoms with Gasteiger partial charge in [0.05, 0.1) is 21.4 Å². The van der Waals surface area contributed by atoms with Crippen molar-refractivity contribution in [2.45, 2.75) is 19.3 Å². The van der Waals surface area contributed by atoms with Gasteiger partial charge in [0.15, 0.2) is 0 Å². The standard InChI is InChI=1S/C18H14Cl2N2/c19-15-9-8-12(10-16(15)20)17-14-7-3-5-11-4-1-2-6-13(11)18(14)22-21-17/h1-2,4,6,8-10H,3,5,7H2,(H,21,22). The third kappa shape index (κ3) is 2.23. The van der Waals surface area contributed by atoms with Crippen LogP contribution in [0.2, 0.25) is 10.0 Å². The molecule has 110 valence electrons. The minimum Gasteiger partial charge on any atom is -0.277 e. The fraction of sp³-hybridized carbons (Fsp3) is 0.167. The second kappa shape index (κ2) is 5.45. The van der Waals surface area contributed by atoms with Crippen LogP contribution in [0.25, 0.3) is 22.5 Å². The number of H-pyrrole nitrogens is 1. The van der Waals surface area contributed by atoms with E-state index in [1.54, 1.807) is 0 Å². The maximum Gasteiger partial charge on any atom is 0.0959 e. The third-order valence-corrected chi connectivity index (χ3v) is 4.96. The third-order valence-electron chi connectivity index (χ3n) is 4.22. The van der Waals surface area contributed by atoms with Crippen molar-refractivity contribution in [1.82, 2.24) is 10.2 Å². The molecule has 3 aromatic rings. The molecule has 0 radical (unpaired) electrons. The summed E-state index contributed by atoms with van der Waals surface area (Å²) in [5.41, 5.74) is 7.02. The molecule has 0 amide bonds. The molecule has 4 heteroatoms. The summed E-state index contributed by atoms with van der Waals surface area (Å²) in [6.07, 6.45) is 3.23. The van der Waals surface area contributed by atoms with Crippen LogP contribution in [0.5, 0.6) is 0 Å². The lowest BCUT2D eigenvalue weighted by atomic mass is 10.00. The van der Waals surface area contributed by atoms with Crippen molar-refractivity contribution in [1.29, 1.82) is 0 Å². The predicted molar refractivity (Wildman–Crippen MR) is 91.5 cm³/mol. The lowest BCUT2D eigenvalue weighted by Gasteiger charge is -2.05. The van der Waals surface area contributed by atoms with Crippen molar-refractivity contribution in [2.24, 2.45) is 0 Å². The van der Waals surface area contributed by atoms with Gasteiger partial charge in [0, 0.05) is 16.7 Å². The zero-order valence-electron chi connectivity index (χ0n) is 11.9. The molecule has 0 unspecified atom stereocenters. The van der Waals surface area contributed by atoms with Gasteiger partial charge >= 0.3 is 0 Å². The van der Waals surface area contributed by atoms with Gasteiger partial charge in [-0.15, -0.1) is 0 Å². The van der Waals surface area contributed by atoms with Gasteiger partial charge in [-0.3, -0.25) is 5.10 Å². The summed E-state index contributed by atoms with van der Waals surface area (Å²) in [5.74, 6) is 0. The van der Waals surface area contributed by atoms with Gasteiger partial charge in [-0.2, -0.15) is 5.10 Å². The van der Waals surface area contributed by atoms with Crippen LogP contribution in [0, 0.1) is 0 Å². The molecule has 4 rings (SSSR count). The highest BCUT2D eigenvalue weighted by atomic mass is 35.5. The van der Waals surface area contributed by atoms with Gasteiger partial charge in [-0.1, -0.05) is 53.5 Å². The molecule has 1 heterocycles. The van der Waals surface area contributed by atoms with Crippen LogP contribution in [-0.4, -0.2) is 10.2 Å². The van der Waals surface area contributed by atoms with E-state index in [1.165, 1.54) is 16.7 Å². The fourth-order valence-corrected chi connectivity index (χ4v) is 3.45. The van der Waals surface area contributed by atoms with Crippen LogP contribution < -0.4 is 0 Å². The first-order valence-corrected chi connectivity index (χ1v) is 8.10. The average molecular weight is 329 g/mol. The van der Waals surface area contributed by atoms with Crippen LogP contribution in [0.4, 0.5) is 0 Å². The number of hydrogen-bond acceptors (Lipinski definition) is 1. The number of nitrogens with zero attached hydrogens (tertiary/aromatic N) is 1. The number of rotatable bonds is 1. The van der Waals surface area contributed by atoms with E-state index in [1.807, 2.05) is 18.2 Å². The minimum absolute atomic E-state index is 0.560. The summed E-state index contributed by atoms with van der Waals surface area (Å²) < 4.78 is 0. The van der Waals surface area contributed by atoms with Crippen molar-refractivity contribution in [3.05, 3.63) is 63.6 Å². The molecule has 0 bridgehead atoms. The van der Waals surface area contributed by atoms with Crippen LogP contribution in [0.3, 0.4) is 0 Å². The van der Waals surface area contributed by atoms with E-state index in [9.17, 15) is 0 Å². The Morgan fingerprint density at radius 1 is 0.955 bits per heavy atom. The summed E-state index contributed by atoms with van der Waals surface area (Å²) in [5, 5.41) is 8.91. The van der Waals surface area contributed by atoms with Gasteiger partial charge in [0.1, 0.15) is 0 Å². The van der Waals surface area contributed by atoms with Crippen LogP contribution in [0.15, 0.2) is 42.5 Å². The van der Waals surface area contributed by atoms with Gasteiger partial charge in [-0.05, 0) is 37.0 Å². The smallest absolute Gasteiger partial charge is 0.0959 e. The molecule has 0 saturated heterocycles. The van der Waals surface area contributed by atoms with Crippen molar-refractivity contribution < 1.29 is 0 Å². The Kier molecular flexibility index (Phi) is 3.44. The van der Waals surface area contributed by atoms with Crippen LogP contribution >= 0.6 is 23.2 Å². The molecule has 0 saturated carbocycles. The number of fused-ring (bicyclic) bond motifs is 3. The Labute approximate surface area is 139 Å². The lowest BCUT2D eigenvalue weighted by molar-refractivity contribution is 0.835. The molecule has 0 spiro atoms. The van der Waals surface area contributed by atoms with Gasteiger partial charge in [0.2, 0.25) is 0 Å². The number of aryl methyl sites for hydroxylation is 1. The van der Waals surface area contributed by atoms with Crippen LogP contribution in [-0.2, 0) is 12.8 Å². The van der Waals surface area contributed by atoms with Crippen molar-refractivity contribution >= 4 is 23.2 Å². The number of halogens is 2. The van der Waals surface area contributed by atoms with Gasteiger partial charge in [-0.25, -0.2) is 0 Å². The summed E-state index contributed by atoms with van der Waals surface area (Å²) in [6.45, 7) is 0. The number of benzene rings is 2. The molecular weight excluding hydrogens is 315 g/mol. The van der Waals surface area contributed by atoms with Crippen molar-refractivity contribution in [3.63, 3.8) is 0 Å². The molecule has 1 aliphatic carbocycles. The average Bonchev–Trinajstić information content (AvgIpc) is 2.86. The molecule has 2 aromatic carbocycles. The van der Waals surface area contributed by atoms with Crippen molar-refractivity contribution in [3.8, 4) is 22.5 Å². The Hall–Kier alpha value is -1.77. The second-order valence-electron chi connectivity index (χ2n) is 5.57. The number of hydrogen-bond donors (Lipinski definition) is 1. The highest BCUT2D eigenvalue weighted by molar-refractivity contribution is 6.42. The summed E-state index contributed by atoms with van der Waals surface area (Å²) in [4.78, 5) is 0. The van der Waals surface area contributed by atoms with E-state index >= 15 is 0 Å². The topological polar surface area (TPSA) is 28.7 Å². The lowest BCUT2D eigenvalue weighted by Crippen LogP contribution is -1.89. The molecule has 22 heavy (non-hydrogen) atoms. The first-order valence-electron chi connectivity index (χ1n) is 7.35. The quantitative estimate of drug-likeness (QED) is 0.624. The van der Waals surface area contributed by atoms with E-state index in [0.29, 0.717) is 10.0 Å². The van der Waals surface area contributed by atoms with E-state index in [4.69, 9.17) is 23.2 Å². The molecule has 1 aliphatic rings. The predicted octanol–water partition coefficient (Wildman–Crippen LogP) is 5.54. The maximum atomic E-state index is 6.16. The SMILES string of the molecule is Clc1ccc(-c2n[nH]c3c2CCCc2ccccc2-3)cc1Cl. The van der Waals surface area contributed by atoms with E-state index in [0.717, 1.165) is 36.2 Å². The number of aromatic amines is 1. The largest absolute Gasteiger partial charge is 0.277 e. The van der Waals surface area contributed by atoms with Gasteiger partial charge < -0.3 is 0 Å². The molecule has 0 atom stereocenters. The molecule has 1 N–H and O–H groups in total. The van der Waals surface area contributed by atoms with E-state index in [-0.39, 0.29) is 0 Å². The Morgan fingerprint density at radius 3 is 2.68 bits per heavy atom. The number of aromatic nitrogens is 2. The molecule has 0 aliphatic heterocycles. The minimum atomic E-state index is 0.560. The normalized spacial score (nSPS) is 13.4. The van der Waals surface area contributed by atoms with Crippen LogP contribution in [0.1, 0.15) is 17.5 Å². The van der Waals surface area contributed by atoms with Gasteiger partial charge in [0.25, 0.3) is 0 Å². The summed E-state index contributed by atoms with van der Waals surface area (Å²) in [6, 6.07) is 14.2. The Morgan fingerprint density at radius 2 is 1.82 bits per heavy atom. The highest BCUT2D eigenvalue weighted by Crippen LogP contribution is 2.37. The summed E-state index contributed by atoms with van der Waals surface area (Å²) in [7, 11) is 0. The first-order chi connectivity index (χ1) is 10.7. The zero-order valence-corrected chi connectivity index (χ0v) is 13.4. The monoisotopic (exact) mass is 328 g/mol. The molecule has 1 aromatic heterocycles. The van der Waals surface area contributed by atoms with E-state index in [2.05, 4.69) is 34.5 Å². The highest BCUT2D eigenvalue weighted by Gasteiger charge is 2.21. The van der Waals surface area contributed by atoms with E-state index < -0.39 is 0 Å². The Balaban J connectivity index is 1.89. The molecular formula is C18H14Cl2N2. The zero-order chi connectivity index (χ0) is 15.1. The molecule has 0 fully saturated rings. The maximum absolute atomic E-state index is 6.16. The summed E-state index contributed by atoms with van der Waals surface area (Å²) >= 11 is 12.2.